The van der Waals surface area contributed by atoms with Crippen LogP contribution in [-0.4, -0.2) is 37.2 Å². The van der Waals surface area contributed by atoms with Crippen molar-refractivity contribution >= 4 is 17.9 Å². The normalized spacial score (nSPS) is 12.4. The first-order valence-corrected chi connectivity index (χ1v) is 34.3. The molecule has 6 heteroatoms. The van der Waals surface area contributed by atoms with Gasteiger partial charge in [-0.3, -0.25) is 14.4 Å². The van der Waals surface area contributed by atoms with Gasteiger partial charge in [0, 0.05) is 19.3 Å². The Labute approximate surface area is 485 Å². The molecule has 0 aromatic rings. The monoisotopic (exact) mass is 1090 g/mol. The second-order valence-electron chi connectivity index (χ2n) is 23.1. The summed E-state index contributed by atoms with van der Waals surface area (Å²) in [5.74, 6) is -0.883. The first-order valence-electron chi connectivity index (χ1n) is 34.3. The number of rotatable bonds is 63. The largest absolute Gasteiger partial charge is 0.462 e. The Morgan fingerprint density at radius 1 is 0.256 bits per heavy atom. The predicted octanol–water partition coefficient (Wildman–Crippen LogP) is 23.5. The quantitative estimate of drug-likeness (QED) is 0.0261. The highest BCUT2D eigenvalue weighted by atomic mass is 16.6. The molecule has 0 heterocycles. The molecule has 454 valence electrons. The predicted molar refractivity (Wildman–Crippen MR) is 339 cm³/mol. The maximum Gasteiger partial charge on any atom is 0.306 e. The molecule has 0 aromatic heterocycles. The highest BCUT2D eigenvalue weighted by Crippen LogP contribution is 2.17. The zero-order chi connectivity index (χ0) is 56.4. The molecule has 0 radical (unpaired) electrons. The highest BCUT2D eigenvalue weighted by molar-refractivity contribution is 5.71. The zero-order valence-electron chi connectivity index (χ0n) is 52.2. The maximum absolute atomic E-state index is 12.9. The molecular weight excluding hydrogens is 961 g/mol. The molecule has 0 aliphatic heterocycles. The molecule has 0 spiro atoms. The van der Waals surface area contributed by atoms with Gasteiger partial charge in [0.2, 0.25) is 0 Å². The second kappa shape index (κ2) is 66.6. The molecule has 78 heavy (non-hydrogen) atoms. The van der Waals surface area contributed by atoms with Gasteiger partial charge >= 0.3 is 17.9 Å². The lowest BCUT2D eigenvalue weighted by atomic mass is 10.0. The van der Waals surface area contributed by atoms with E-state index in [4.69, 9.17) is 14.2 Å². The van der Waals surface area contributed by atoms with Crippen molar-refractivity contribution in [3.63, 3.8) is 0 Å². The van der Waals surface area contributed by atoms with Crippen LogP contribution >= 0.6 is 0 Å². The fourth-order valence-corrected chi connectivity index (χ4v) is 10.0. The summed E-state index contributed by atoms with van der Waals surface area (Å²) in [6, 6.07) is 0. The molecule has 1 unspecified atom stereocenters. The van der Waals surface area contributed by atoms with E-state index < -0.39 is 6.10 Å². The molecule has 0 fully saturated rings. The van der Waals surface area contributed by atoms with Crippen LogP contribution < -0.4 is 0 Å². The molecule has 0 N–H and O–H groups in total. The smallest absolute Gasteiger partial charge is 0.306 e. The molecule has 0 rings (SSSR count). The first kappa shape index (κ1) is 75.1. The summed E-state index contributed by atoms with van der Waals surface area (Å²) in [5, 5.41) is 0. The SMILES string of the molecule is CCCCC/C=C\C/C=C\CCCCCCCC(=O)OC(COC(=O)CCCCCCC/C=C\CCCCCCC)COC(=O)CCCCCCCCCCCCCCCCCCCCC/C=C\C/C=C\CCCCCCC. The summed E-state index contributed by atoms with van der Waals surface area (Å²) in [6.07, 6.45) is 85.4. The van der Waals surface area contributed by atoms with Crippen LogP contribution in [0.4, 0.5) is 0 Å². The Morgan fingerprint density at radius 3 is 0.744 bits per heavy atom. The van der Waals surface area contributed by atoms with Gasteiger partial charge in [-0.1, -0.05) is 293 Å². The van der Waals surface area contributed by atoms with E-state index in [1.54, 1.807) is 0 Å². The fourth-order valence-electron chi connectivity index (χ4n) is 10.0. The van der Waals surface area contributed by atoms with Gasteiger partial charge in [-0.15, -0.1) is 0 Å². The summed E-state index contributed by atoms with van der Waals surface area (Å²) < 4.78 is 16.9. The summed E-state index contributed by atoms with van der Waals surface area (Å²) in [6.45, 7) is 6.62. The Kier molecular flexibility index (Phi) is 64.2. The van der Waals surface area contributed by atoms with Crippen LogP contribution in [0.25, 0.3) is 0 Å². The lowest BCUT2D eigenvalue weighted by Crippen LogP contribution is -2.30. The third-order valence-corrected chi connectivity index (χ3v) is 15.2. The highest BCUT2D eigenvalue weighted by Gasteiger charge is 2.19. The average molecular weight is 1090 g/mol. The summed E-state index contributed by atoms with van der Waals surface area (Å²) >= 11 is 0. The minimum absolute atomic E-state index is 0.0792. The van der Waals surface area contributed by atoms with Gasteiger partial charge in [-0.2, -0.15) is 0 Å². The number of hydrogen-bond donors (Lipinski definition) is 0. The van der Waals surface area contributed by atoms with Crippen molar-refractivity contribution in [3.05, 3.63) is 60.8 Å². The van der Waals surface area contributed by atoms with E-state index in [0.717, 1.165) is 96.3 Å². The van der Waals surface area contributed by atoms with Crippen LogP contribution in [0.3, 0.4) is 0 Å². The summed E-state index contributed by atoms with van der Waals surface area (Å²) in [7, 11) is 0. The number of carbonyl (C=O) groups excluding carboxylic acids is 3. The third kappa shape index (κ3) is 63.9. The lowest BCUT2D eigenvalue weighted by molar-refractivity contribution is -0.167. The number of esters is 3. The van der Waals surface area contributed by atoms with Crippen molar-refractivity contribution in [2.45, 2.75) is 367 Å². The number of hydrogen-bond acceptors (Lipinski definition) is 6. The van der Waals surface area contributed by atoms with Crippen molar-refractivity contribution < 1.29 is 28.6 Å². The van der Waals surface area contributed by atoms with Gasteiger partial charge in [0.1, 0.15) is 13.2 Å². The van der Waals surface area contributed by atoms with E-state index in [2.05, 4.69) is 81.5 Å². The van der Waals surface area contributed by atoms with E-state index in [1.165, 1.54) is 225 Å². The zero-order valence-corrected chi connectivity index (χ0v) is 52.2. The van der Waals surface area contributed by atoms with Crippen LogP contribution in [0, 0.1) is 0 Å². The standard InChI is InChI=1S/C72H130O6/c1-4-7-10-13-16-19-22-25-28-29-30-31-32-33-34-35-36-37-38-39-40-41-42-43-45-47-50-53-56-59-62-65-71(74)77-68-69(67-76-70(73)64-61-58-55-52-49-46-27-24-21-18-15-12-9-6-3)78-72(75)66-63-60-57-54-51-48-44-26-23-20-17-14-11-8-5-2/h17,20,22,24-27,29-30,44,69H,4-16,18-19,21,23,28,31-43,45-68H2,1-3H3/b20-17-,25-22-,27-24-,30-29-,44-26-. The number of allylic oxidation sites excluding steroid dienone is 10. The van der Waals surface area contributed by atoms with Crippen LogP contribution in [0.15, 0.2) is 60.8 Å². The molecule has 6 nitrogen and oxygen atoms in total. The maximum atomic E-state index is 12.9. The molecule has 0 bridgehead atoms. The Hall–Kier alpha value is -2.89. The summed E-state index contributed by atoms with van der Waals surface area (Å²) in [5.41, 5.74) is 0. The Morgan fingerprint density at radius 2 is 0.462 bits per heavy atom. The third-order valence-electron chi connectivity index (χ3n) is 15.2. The Balaban J connectivity index is 4.17. The molecule has 0 aromatic carbocycles. The van der Waals surface area contributed by atoms with Gasteiger partial charge in [-0.25, -0.2) is 0 Å². The van der Waals surface area contributed by atoms with Gasteiger partial charge in [0.25, 0.3) is 0 Å². The van der Waals surface area contributed by atoms with Crippen LogP contribution in [-0.2, 0) is 28.6 Å². The molecule has 0 amide bonds. The minimum atomic E-state index is -0.784. The van der Waals surface area contributed by atoms with Gasteiger partial charge in [0.15, 0.2) is 6.10 Å². The van der Waals surface area contributed by atoms with Crippen LogP contribution in [0.1, 0.15) is 361 Å². The van der Waals surface area contributed by atoms with Crippen molar-refractivity contribution in [2.75, 3.05) is 13.2 Å². The van der Waals surface area contributed by atoms with Crippen molar-refractivity contribution in [1.29, 1.82) is 0 Å². The first-order chi connectivity index (χ1) is 38.5. The molecule has 0 saturated carbocycles. The molecular formula is C72H130O6. The molecule has 0 aliphatic carbocycles. The summed E-state index contributed by atoms with van der Waals surface area (Å²) in [4.78, 5) is 38.3. The Bertz CT molecular complexity index is 1390. The van der Waals surface area contributed by atoms with E-state index >= 15 is 0 Å². The van der Waals surface area contributed by atoms with Crippen LogP contribution in [0.5, 0.6) is 0 Å². The van der Waals surface area contributed by atoms with Gasteiger partial charge in [0.05, 0.1) is 0 Å². The van der Waals surface area contributed by atoms with E-state index in [1.807, 2.05) is 0 Å². The molecule has 1 atom stereocenters. The van der Waals surface area contributed by atoms with E-state index in [0.29, 0.717) is 19.3 Å². The number of carbonyl (C=O) groups is 3. The topological polar surface area (TPSA) is 78.9 Å². The average Bonchev–Trinajstić information content (AvgIpc) is 3.44. The van der Waals surface area contributed by atoms with Gasteiger partial charge < -0.3 is 14.2 Å². The van der Waals surface area contributed by atoms with Crippen LogP contribution in [0.2, 0.25) is 0 Å². The minimum Gasteiger partial charge on any atom is -0.462 e. The van der Waals surface area contributed by atoms with E-state index in [-0.39, 0.29) is 31.1 Å². The van der Waals surface area contributed by atoms with Crippen molar-refractivity contribution in [3.8, 4) is 0 Å². The fraction of sp³-hybridized carbons (Fsp3) is 0.819. The number of ether oxygens (including phenoxy) is 3. The lowest BCUT2D eigenvalue weighted by Gasteiger charge is -2.18. The second-order valence-corrected chi connectivity index (χ2v) is 23.1. The van der Waals surface area contributed by atoms with Crippen molar-refractivity contribution in [1.82, 2.24) is 0 Å². The number of unbranched alkanes of at least 4 members (excludes halogenated alkanes) is 42. The van der Waals surface area contributed by atoms with Crippen molar-refractivity contribution in [2.24, 2.45) is 0 Å². The van der Waals surface area contributed by atoms with E-state index in [9.17, 15) is 14.4 Å². The molecule has 0 aliphatic rings. The molecule has 0 saturated heterocycles. The van der Waals surface area contributed by atoms with Gasteiger partial charge in [-0.05, 0) is 109 Å².